The lowest BCUT2D eigenvalue weighted by Gasteiger charge is -2.06. The molecule has 0 aliphatic heterocycles. The lowest BCUT2D eigenvalue weighted by molar-refractivity contribution is 0.199. The molecule has 0 saturated heterocycles. The first kappa shape index (κ1) is 12.1. The summed E-state index contributed by atoms with van der Waals surface area (Å²) in [6, 6.07) is 4.22. The van der Waals surface area contributed by atoms with Crippen LogP contribution in [-0.2, 0) is 11.3 Å². The highest BCUT2D eigenvalue weighted by molar-refractivity contribution is 5.15. The standard InChI is InChI=1S/C12H20N2O/c1-10(2)12-5-4-11(9-14-12)8-13-6-7-15-3/h4-5,9-10,13H,6-8H2,1-3H3. The Hall–Kier alpha value is -0.930. The zero-order valence-corrected chi connectivity index (χ0v) is 9.79. The highest BCUT2D eigenvalue weighted by atomic mass is 16.5. The summed E-state index contributed by atoms with van der Waals surface area (Å²) >= 11 is 0. The van der Waals surface area contributed by atoms with E-state index in [-0.39, 0.29) is 0 Å². The van der Waals surface area contributed by atoms with Crippen LogP contribution in [0.25, 0.3) is 0 Å². The topological polar surface area (TPSA) is 34.1 Å². The summed E-state index contributed by atoms with van der Waals surface area (Å²) < 4.78 is 4.95. The largest absolute Gasteiger partial charge is 0.383 e. The maximum absolute atomic E-state index is 4.95. The molecule has 15 heavy (non-hydrogen) atoms. The lowest BCUT2D eigenvalue weighted by Crippen LogP contribution is -2.18. The van der Waals surface area contributed by atoms with Gasteiger partial charge in [0.25, 0.3) is 0 Å². The minimum absolute atomic E-state index is 0.500. The van der Waals surface area contributed by atoms with Gasteiger partial charge in [-0.2, -0.15) is 0 Å². The SMILES string of the molecule is COCCNCc1ccc(C(C)C)nc1. The number of aromatic nitrogens is 1. The molecule has 1 aromatic rings. The average molecular weight is 208 g/mol. The third kappa shape index (κ3) is 4.40. The van der Waals surface area contributed by atoms with E-state index in [0.717, 1.165) is 25.4 Å². The fraction of sp³-hybridized carbons (Fsp3) is 0.583. The second-order valence-corrected chi connectivity index (χ2v) is 3.92. The van der Waals surface area contributed by atoms with Gasteiger partial charge in [-0.1, -0.05) is 19.9 Å². The number of rotatable bonds is 6. The van der Waals surface area contributed by atoms with E-state index in [0.29, 0.717) is 5.92 Å². The Morgan fingerprint density at radius 3 is 2.73 bits per heavy atom. The van der Waals surface area contributed by atoms with Crippen LogP contribution >= 0.6 is 0 Å². The zero-order chi connectivity index (χ0) is 11.1. The maximum Gasteiger partial charge on any atom is 0.0587 e. The molecule has 84 valence electrons. The Morgan fingerprint density at radius 1 is 1.40 bits per heavy atom. The van der Waals surface area contributed by atoms with Crippen molar-refractivity contribution in [3.8, 4) is 0 Å². The minimum atomic E-state index is 0.500. The van der Waals surface area contributed by atoms with Gasteiger partial charge >= 0.3 is 0 Å². The molecule has 0 amide bonds. The van der Waals surface area contributed by atoms with Crippen LogP contribution in [0.3, 0.4) is 0 Å². The van der Waals surface area contributed by atoms with E-state index in [9.17, 15) is 0 Å². The molecule has 1 aromatic heterocycles. The summed E-state index contributed by atoms with van der Waals surface area (Å²) in [5, 5.41) is 3.29. The van der Waals surface area contributed by atoms with Gasteiger partial charge < -0.3 is 10.1 Å². The third-order valence-electron chi connectivity index (χ3n) is 2.25. The number of hydrogen-bond acceptors (Lipinski definition) is 3. The monoisotopic (exact) mass is 208 g/mol. The summed E-state index contributed by atoms with van der Waals surface area (Å²) in [6.07, 6.45) is 1.94. The Morgan fingerprint density at radius 2 is 2.20 bits per heavy atom. The summed E-state index contributed by atoms with van der Waals surface area (Å²) in [5.74, 6) is 0.500. The first-order valence-electron chi connectivity index (χ1n) is 5.38. The molecule has 1 N–H and O–H groups in total. The van der Waals surface area contributed by atoms with Gasteiger partial charge in [0.05, 0.1) is 6.61 Å². The molecule has 1 heterocycles. The van der Waals surface area contributed by atoms with Crippen molar-refractivity contribution in [2.75, 3.05) is 20.3 Å². The van der Waals surface area contributed by atoms with Crippen molar-refractivity contribution in [1.29, 1.82) is 0 Å². The predicted molar refractivity (Wildman–Crippen MR) is 61.9 cm³/mol. The van der Waals surface area contributed by atoms with Crippen LogP contribution in [0, 0.1) is 0 Å². The van der Waals surface area contributed by atoms with E-state index in [1.54, 1.807) is 7.11 Å². The van der Waals surface area contributed by atoms with Crippen molar-refractivity contribution >= 4 is 0 Å². The third-order valence-corrected chi connectivity index (χ3v) is 2.25. The normalized spacial score (nSPS) is 10.9. The van der Waals surface area contributed by atoms with E-state index in [1.165, 1.54) is 5.56 Å². The fourth-order valence-electron chi connectivity index (χ4n) is 1.29. The Labute approximate surface area is 91.9 Å². The van der Waals surface area contributed by atoms with Crippen LogP contribution in [0.4, 0.5) is 0 Å². The second kappa shape index (κ2) is 6.53. The molecule has 3 heteroatoms. The van der Waals surface area contributed by atoms with Crippen molar-refractivity contribution < 1.29 is 4.74 Å². The second-order valence-electron chi connectivity index (χ2n) is 3.92. The van der Waals surface area contributed by atoms with Gasteiger partial charge in [0.2, 0.25) is 0 Å². The van der Waals surface area contributed by atoms with Crippen LogP contribution in [0.5, 0.6) is 0 Å². The Balaban J connectivity index is 2.36. The number of ether oxygens (including phenoxy) is 1. The van der Waals surface area contributed by atoms with Crippen LogP contribution in [0.2, 0.25) is 0 Å². The van der Waals surface area contributed by atoms with Crippen molar-refractivity contribution in [1.82, 2.24) is 10.3 Å². The van der Waals surface area contributed by atoms with E-state index >= 15 is 0 Å². The number of methoxy groups -OCH3 is 1. The maximum atomic E-state index is 4.95. The van der Waals surface area contributed by atoms with Crippen molar-refractivity contribution in [3.05, 3.63) is 29.6 Å². The molecule has 0 fully saturated rings. The van der Waals surface area contributed by atoms with Gasteiger partial charge in [0.15, 0.2) is 0 Å². The molecule has 0 unspecified atom stereocenters. The summed E-state index contributed by atoms with van der Waals surface area (Å²) in [6.45, 7) is 6.78. The average Bonchev–Trinajstić information content (AvgIpc) is 2.25. The van der Waals surface area contributed by atoms with E-state index in [2.05, 4.69) is 36.3 Å². The quantitative estimate of drug-likeness (QED) is 0.725. The molecule has 0 radical (unpaired) electrons. The fourth-order valence-corrected chi connectivity index (χ4v) is 1.29. The zero-order valence-electron chi connectivity index (χ0n) is 9.79. The summed E-state index contributed by atoms with van der Waals surface area (Å²) in [5.41, 5.74) is 2.37. The molecular weight excluding hydrogens is 188 g/mol. The first-order valence-corrected chi connectivity index (χ1v) is 5.38. The predicted octanol–water partition coefficient (Wildman–Crippen LogP) is 1.94. The number of pyridine rings is 1. The Kier molecular flexibility index (Phi) is 5.29. The van der Waals surface area contributed by atoms with Crippen molar-refractivity contribution in [3.63, 3.8) is 0 Å². The van der Waals surface area contributed by atoms with Gasteiger partial charge in [0, 0.05) is 32.1 Å². The summed E-state index contributed by atoms with van der Waals surface area (Å²) in [7, 11) is 1.71. The molecule has 3 nitrogen and oxygen atoms in total. The lowest BCUT2D eigenvalue weighted by atomic mass is 10.1. The van der Waals surface area contributed by atoms with Gasteiger partial charge in [0.1, 0.15) is 0 Å². The van der Waals surface area contributed by atoms with E-state index in [4.69, 9.17) is 4.74 Å². The van der Waals surface area contributed by atoms with E-state index < -0.39 is 0 Å². The van der Waals surface area contributed by atoms with Crippen LogP contribution in [0.15, 0.2) is 18.3 Å². The molecular formula is C12H20N2O. The Bertz CT molecular complexity index is 269. The van der Waals surface area contributed by atoms with Crippen molar-refractivity contribution in [2.24, 2.45) is 0 Å². The van der Waals surface area contributed by atoms with Gasteiger partial charge in [-0.05, 0) is 17.5 Å². The highest BCUT2D eigenvalue weighted by Crippen LogP contribution is 2.10. The highest BCUT2D eigenvalue weighted by Gasteiger charge is 1.99. The summed E-state index contributed by atoms with van der Waals surface area (Å²) in [4.78, 5) is 4.41. The number of nitrogens with one attached hydrogen (secondary N) is 1. The molecule has 0 aliphatic rings. The molecule has 0 aliphatic carbocycles. The minimum Gasteiger partial charge on any atom is -0.383 e. The van der Waals surface area contributed by atoms with Gasteiger partial charge in [-0.25, -0.2) is 0 Å². The van der Waals surface area contributed by atoms with Gasteiger partial charge in [-0.3, -0.25) is 4.98 Å². The van der Waals surface area contributed by atoms with Gasteiger partial charge in [-0.15, -0.1) is 0 Å². The number of hydrogen-bond donors (Lipinski definition) is 1. The first-order chi connectivity index (χ1) is 7.24. The molecule has 0 bridgehead atoms. The molecule has 0 saturated carbocycles. The molecule has 0 spiro atoms. The van der Waals surface area contributed by atoms with Crippen LogP contribution < -0.4 is 5.32 Å². The van der Waals surface area contributed by atoms with Crippen LogP contribution in [-0.4, -0.2) is 25.2 Å². The van der Waals surface area contributed by atoms with Crippen LogP contribution in [0.1, 0.15) is 31.0 Å². The van der Waals surface area contributed by atoms with E-state index in [1.807, 2.05) is 6.20 Å². The number of nitrogens with zero attached hydrogens (tertiary/aromatic N) is 1. The molecule has 1 rings (SSSR count). The smallest absolute Gasteiger partial charge is 0.0587 e. The molecule has 0 aromatic carbocycles. The van der Waals surface area contributed by atoms with Crippen molar-refractivity contribution in [2.45, 2.75) is 26.3 Å². The molecule has 0 atom stereocenters.